The van der Waals surface area contributed by atoms with Crippen LogP contribution in [0.25, 0.3) is 16.3 Å². The molecule has 0 bridgehead atoms. The molecule has 0 saturated carbocycles. The number of aromatic nitrogens is 1. The number of hydrogen-bond donors (Lipinski definition) is 0. The standard InChI is InChI=1S/C24H25FN2O3S2/c1-16(12-23-26(9-8-25)19-14-17(29-2)4-6-21(19)31-23)13-24-27(10-11-28)20-15-18(30-3)5-7-22(20)32-24/h4-7,12-15H,8-11H2,1-3H3/i25-1. The predicted octanol–water partition coefficient (Wildman–Crippen LogP) is 4.39. The van der Waals surface area contributed by atoms with Gasteiger partial charge in [0.1, 0.15) is 29.4 Å². The Balaban J connectivity index is 1.71. The van der Waals surface area contributed by atoms with Gasteiger partial charge in [0.15, 0.2) is 0 Å². The third-order valence-corrected chi connectivity index (χ3v) is 7.43. The van der Waals surface area contributed by atoms with E-state index in [2.05, 4.69) is 12.2 Å². The molecule has 0 aliphatic carbocycles. The lowest BCUT2D eigenvalue weighted by Crippen LogP contribution is -2.39. The number of thioether (sulfide) groups is 1. The number of rotatable bonds is 8. The van der Waals surface area contributed by atoms with E-state index in [-0.39, 0.29) is 13.2 Å². The first-order valence-electron chi connectivity index (χ1n) is 10.3. The van der Waals surface area contributed by atoms with Crippen LogP contribution in [-0.4, -0.2) is 34.0 Å². The summed E-state index contributed by atoms with van der Waals surface area (Å²) in [5, 5.41) is 13.4. The van der Waals surface area contributed by atoms with Crippen molar-refractivity contribution < 1.29 is 23.5 Å². The predicted molar refractivity (Wildman–Crippen MR) is 127 cm³/mol. The number of anilines is 1. The van der Waals surface area contributed by atoms with Gasteiger partial charge in [0.25, 0.3) is 5.01 Å². The number of thiazole rings is 1. The van der Waals surface area contributed by atoms with Crippen molar-refractivity contribution in [3.05, 3.63) is 58.1 Å². The first-order valence-corrected chi connectivity index (χ1v) is 11.9. The van der Waals surface area contributed by atoms with E-state index in [0.717, 1.165) is 47.9 Å². The van der Waals surface area contributed by atoms with Crippen LogP contribution in [0.2, 0.25) is 0 Å². The molecule has 1 aliphatic rings. The SMILES string of the molecule is COc1ccc2c(c1)N(CC[18F])/C(=C/C(C)=C/c1sc3ccc(OC)cc3[n+]1CC[O-])S2. The van der Waals surface area contributed by atoms with Gasteiger partial charge < -0.3 is 19.5 Å². The molecule has 1 aliphatic heterocycles. The lowest BCUT2D eigenvalue weighted by atomic mass is 10.2. The zero-order valence-corrected chi connectivity index (χ0v) is 19.9. The Morgan fingerprint density at radius 2 is 1.91 bits per heavy atom. The second kappa shape index (κ2) is 9.94. The first-order chi connectivity index (χ1) is 15.6. The quantitative estimate of drug-likeness (QED) is 0.456. The maximum atomic E-state index is 13.3. The molecule has 2 aromatic carbocycles. The average Bonchev–Trinajstić information content (AvgIpc) is 3.31. The van der Waals surface area contributed by atoms with E-state index in [0.29, 0.717) is 6.54 Å². The Bertz CT molecular complexity index is 1190. The highest BCUT2D eigenvalue weighted by Gasteiger charge is 2.26. The van der Waals surface area contributed by atoms with Crippen LogP contribution in [0.4, 0.5) is 10.1 Å². The molecule has 1 aromatic heterocycles. The van der Waals surface area contributed by atoms with Crippen molar-refractivity contribution >= 4 is 45.1 Å². The highest BCUT2D eigenvalue weighted by Crippen LogP contribution is 2.47. The van der Waals surface area contributed by atoms with Gasteiger partial charge in [-0.1, -0.05) is 29.7 Å². The number of hydrogen-bond acceptors (Lipinski definition) is 6. The monoisotopic (exact) mass is 471 g/mol. The summed E-state index contributed by atoms with van der Waals surface area (Å²) in [5.74, 6) is 1.52. The van der Waals surface area contributed by atoms with Gasteiger partial charge in [-0.25, -0.2) is 4.39 Å². The molecule has 32 heavy (non-hydrogen) atoms. The summed E-state index contributed by atoms with van der Waals surface area (Å²) in [6.45, 7) is 2.05. The maximum absolute atomic E-state index is 13.3. The van der Waals surface area contributed by atoms with Crippen molar-refractivity contribution in [1.82, 2.24) is 0 Å². The molecular formula is C24H25FN2O3S2. The van der Waals surface area contributed by atoms with E-state index < -0.39 is 6.67 Å². The third-order valence-electron chi connectivity index (χ3n) is 5.20. The van der Waals surface area contributed by atoms with Crippen LogP contribution in [0.1, 0.15) is 11.9 Å². The Labute approximate surface area is 195 Å². The van der Waals surface area contributed by atoms with Crippen molar-refractivity contribution in [3.8, 4) is 11.5 Å². The van der Waals surface area contributed by atoms with E-state index in [1.807, 2.05) is 52.8 Å². The van der Waals surface area contributed by atoms with Crippen LogP contribution in [0.3, 0.4) is 0 Å². The molecule has 8 heteroatoms. The number of nitrogens with zero attached hydrogens (tertiary/aromatic N) is 2. The molecule has 0 saturated heterocycles. The minimum Gasteiger partial charge on any atom is -0.850 e. The van der Waals surface area contributed by atoms with Gasteiger partial charge in [-0.05, 0) is 42.8 Å². The first kappa shape index (κ1) is 22.6. The fourth-order valence-electron chi connectivity index (χ4n) is 3.70. The summed E-state index contributed by atoms with van der Waals surface area (Å²) < 4.78 is 27.2. The Morgan fingerprint density at radius 3 is 2.62 bits per heavy atom. The van der Waals surface area contributed by atoms with Gasteiger partial charge >= 0.3 is 0 Å². The van der Waals surface area contributed by atoms with E-state index in [4.69, 9.17) is 9.47 Å². The van der Waals surface area contributed by atoms with E-state index in [1.54, 1.807) is 37.3 Å². The maximum Gasteiger partial charge on any atom is 0.262 e. The molecular weight excluding hydrogens is 446 g/mol. The summed E-state index contributed by atoms with van der Waals surface area (Å²) in [5.41, 5.74) is 2.97. The zero-order chi connectivity index (χ0) is 22.7. The molecule has 2 heterocycles. The van der Waals surface area contributed by atoms with Crippen molar-refractivity contribution in [2.45, 2.75) is 18.4 Å². The van der Waals surface area contributed by atoms with Gasteiger partial charge in [0.05, 0.1) is 37.5 Å². The zero-order valence-electron chi connectivity index (χ0n) is 18.3. The lowest BCUT2D eigenvalue weighted by Gasteiger charge is -2.19. The number of alkyl halides is 1. The number of fused-ring (bicyclic) bond motifs is 2. The number of halogens is 1. The molecule has 0 amide bonds. The van der Waals surface area contributed by atoms with Gasteiger partial charge in [-0.2, -0.15) is 4.57 Å². The normalized spacial score (nSPS) is 15.0. The lowest BCUT2D eigenvalue weighted by molar-refractivity contribution is -0.685. The topological polar surface area (TPSA) is 48.6 Å². The average molecular weight is 472 g/mol. The van der Waals surface area contributed by atoms with E-state index in [1.165, 1.54) is 0 Å². The van der Waals surface area contributed by atoms with Crippen LogP contribution in [-0.2, 0) is 6.54 Å². The fraction of sp³-hybridized carbons (Fsp3) is 0.292. The minimum atomic E-state index is -0.445. The molecule has 5 nitrogen and oxygen atoms in total. The molecule has 0 fully saturated rings. The molecule has 3 aromatic rings. The number of allylic oxidation sites excluding steroid dienone is 2. The van der Waals surface area contributed by atoms with Crippen LogP contribution in [0.15, 0.2) is 58.0 Å². The van der Waals surface area contributed by atoms with Crippen molar-refractivity contribution in [2.24, 2.45) is 0 Å². The molecule has 168 valence electrons. The molecule has 0 unspecified atom stereocenters. The third kappa shape index (κ3) is 4.48. The van der Waals surface area contributed by atoms with Crippen molar-refractivity contribution in [2.75, 3.05) is 38.9 Å². The molecule has 4 rings (SSSR count). The smallest absolute Gasteiger partial charge is 0.262 e. The van der Waals surface area contributed by atoms with Gasteiger partial charge in [-0.15, -0.1) is 0 Å². The Morgan fingerprint density at radius 1 is 1.16 bits per heavy atom. The number of benzene rings is 2. The fourth-order valence-corrected chi connectivity index (χ4v) is 6.06. The van der Waals surface area contributed by atoms with Crippen molar-refractivity contribution in [1.29, 1.82) is 0 Å². The summed E-state index contributed by atoms with van der Waals surface area (Å²) in [6, 6.07) is 11.8. The number of methoxy groups -OCH3 is 2. The summed E-state index contributed by atoms with van der Waals surface area (Å²) in [4.78, 5) is 3.06. The molecule has 0 atom stereocenters. The van der Waals surface area contributed by atoms with Crippen LogP contribution in [0, 0.1) is 0 Å². The van der Waals surface area contributed by atoms with Gasteiger partial charge in [-0.3, -0.25) is 0 Å². The second-order valence-electron chi connectivity index (χ2n) is 7.28. The summed E-state index contributed by atoms with van der Waals surface area (Å²) in [6.07, 6.45) is 4.15. The largest absolute Gasteiger partial charge is 0.850 e. The highest BCUT2D eigenvalue weighted by molar-refractivity contribution is 8.03. The van der Waals surface area contributed by atoms with Crippen LogP contribution in [0.5, 0.6) is 11.5 Å². The van der Waals surface area contributed by atoms with Gasteiger partial charge in [0.2, 0.25) is 5.52 Å². The Kier molecular flexibility index (Phi) is 7.03. The van der Waals surface area contributed by atoms with Crippen LogP contribution < -0.4 is 24.0 Å². The minimum absolute atomic E-state index is 0.202. The van der Waals surface area contributed by atoms with E-state index >= 15 is 0 Å². The molecule has 0 spiro atoms. The summed E-state index contributed by atoms with van der Waals surface area (Å²) >= 11 is 3.26. The van der Waals surface area contributed by atoms with Crippen LogP contribution >= 0.6 is 23.1 Å². The Hall–Kier alpha value is -2.55. The molecule has 0 N–H and O–H groups in total. The number of ether oxygens (including phenoxy) is 2. The molecule has 0 radical (unpaired) electrons. The summed E-state index contributed by atoms with van der Waals surface area (Å²) in [7, 11) is 3.27. The second-order valence-corrected chi connectivity index (χ2v) is 9.40. The van der Waals surface area contributed by atoms with Gasteiger partial charge in [0, 0.05) is 17.0 Å². The van der Waals surface area contributed by atoms with E-state index in [9.17, 15) is 9.50 Å². The highest BCUT2D eigenvalue weighted by atomic mass is 32.2. The van der Waals surface area contributed by atoms with Crippen molar-refractivity contribution in [3.63, 3.8) is 0 Å².